The van der Waals surface area contributed by atoms with Crippen LogP contribution in [0.1, 0.15) is 0 Å². The van der Waals surface area contributed by atoms with Crippen molar-refractivity contribution >= 4 is 23.0 Å². The number of hydrogen-bond acceptors (Lipinski definition) is 7. The van der Waals surface area contributed by atoms with E-state index in [0.29, 0.717) is 23.3 Å². The van der Waals surface area contributed by atoms with Crippen molar-refractivity contribution < 1.29 is 9.47 Å². The summed E-state index contributed by atoms with van der Waals surface area (Å²) in [5.41, 5.74) is 0.806. The number of benzene rings is 1. The third-order valence-electron chi connectivity index (χ3n) is 2.95. The van der Waals surface area contributed by atoms with Gasteiger partial charge in [0.1, 0.15) is 6.33 Å². The maximum absolute atomic E-state index is 5.28. The van der Waals surface area contributed by atoms with Crippen LogP contribution in [0.3, 0.4) is 0 Å². The summed E-state index contributed by atoms with van der Waals surface area (Å²) in [6, 6.07) is 9.46. The zero-order valence-corrected chi connectivity index (χ0v) is 12.9. The standard InChI is InChI=1S/C15H14N4O2S/c1-20-11-6-5-10(8-12(11)21-2)18-15-17-9-16-14(19-15)13-4-3-7-22-13/h3-9H,1-2H3,(H,16,17,18,19). The van der Waals surface area contributed by atoms with Crippen LogP contribution in [0.25, 0.3) is 10.7 Å². The van der Waals surface area contributed by atoms with Gasteiger partial charge in [-0.3, -0.25) is 0 Å². The van der Waals surface area contributed by atoms with Crippen molar-refractivity contribution in [1.82, 2.24) is 15.0 Å². The fourth-order valence-corrected chi connectivity index (χ4v) is 2.59. The Morgan fingerprint density at radius 1 is 1.05 bits per heavy atom. The second-order valence-corrected chi connectivity index (χ2v) is 5.25. The smallest absolute Gasteiger partial charge is 0.230 e. The van der Waals surface area contributed by atoms with Gasteiger partial charge >= 0.3 is 0 Å². The molecule has 1 N–H and O–H groups in total. The third-order valence-corrected chi connectivity index (χ3v) is 3.82. The topological polar surface area (TPSA) is 69.2 Å². The quantitative estimate of drug-likeness (QED) is 0.779. The molecule has 0 spiro atoms. The lowest BCUT2D eigenvalue weighted by Crippen LogP contribution is -2.00. The van der Waals surface area contributed by atoms with Crippen molar-refractivity contribution in [2.75, 3.05) is 19.5 Å². The largest absolute Gasteiger partial charge is 0.493 e. The summed E-state index contributed by atoms with van der Waals surface area (Å²) in [6.07, 6.45) is 1.49. The minimum absolute atomic E-state index is 0.477. The number of methoxy groups -OCH3 is 2. The minimum Gasteiger partial charge on any atom is -0.493 e. The Morgan fingerprint density at radius 2 is 1.91 bits per heavy atom. The van der Waals surface area contributed by atoms with E-state index < -0.39 is 0 Å². The molecule has 2 aromatic heterocycles. The van der Waals surface area contributed by atoms with Gasteiger partial charge < -0.3 is 14.8 Å². The van der Waals surface area contributed by atoms with Crippen molar-refractivity contribution in [1.29, 1.82) is 0 Å². The SMILES string of the molecule is COc1ccc(Nc2ncnc(-c3cccs3)n2)cc1OC. The van der Waals surface area contributed by atoms with Gasteiger partial charge in [-0.25, -0.2) is 9.97 Å². The van der Waals surface area contributed by atoms with Crippen LogP contribution in [0.2, 0.25) is 0 Å². The van der Waals surface area contributed by atoms with E-state index >= 15 is 0 Å². The highest BCUT2D eigenvalue weighted by molar-refractivity contribution is 7.13. The van der Waals surface area contributed by atoms with Crippen LogP contribution in [0, 0.1) is 0 Å². The van der Waals surface area contributed by atoms with E-state index in [0.717, 1.165) is 10.6 Å². The number of nitrogens with one attached hydrogen (secondary N) is 1. The molecule has 0 fully saturated rings. The summed E-state index contributed by atoms with van der Waals surface area (Å²) in [4.78, 5) is 13.7. The van der Waals surface area contributed by atoms with Crippen molar-refractivity contribution in [3.8, 4) is 22.2 Å². The van der Waals surface area contributed by atoms with Gasteiger partial charge in [0.05, 0.1) is 19.1 Å². The predicted octanol–water partition coefficient (Wildman–Crippen LogP) is 3.36. The van der Waals surface area contributed by atoms with Gasteiger partial charge in [-0.2, -0.15) is 4.98 Å². The van der Waals surface area contributed by atoms with Crippen LogP contribution in [0.5, 0.6) is 11.5 Å². The summed E-state index contributed by atoms with van der Waals surface area (Å²) >= 11 is 1.58. The van der Waals surface area contributed by atoms with Crippen molar-refractivity contribution in [2.24, 2.45) is 0 Å². The fourth-order valence-electron chi connectivity index (χ4n) is 1.92. The molecule has 0 amide bonds. The Morgan fingerprint density at radius 3 is 2.64 bits per heavy atom. The van der Waals surface area contributed by atoms with E-state index in [2.05, 4.69) is 20.3 Å². The van der Waals surface area contributed by atoms with Crippen LogP contribution in [-0.2, 0) is 0 Å². The third kappa shape index (κ3) is 2.99. The van der Waals surface area contributed by atoms with Crippen molar-refractivity contribution in [3.63, 3.8) is 0 Å². The molecule has 0 radical (unpaired) electrons. The van der Waals surface area contributed by atoms with E-state index in [4.69, 9.17) is 9.47 Å². The first-order valence-electron chi connectivity index (χ1n) is 6.52. The molecule has 22 heavy (non-hydrogen) atoms. The number of hydrogen-bond donors (Lipinski definition) is 1. The highest BCUT2D eigenvalue weighted by atomic mass is 32.1. The van der Waals surface area contributed by atoms with Gasteiger partial charge in [-0.15, -0.1) is 11.3 Å². The summed E-state index contributed by atoms with van der Waals surface area (Å²) in [5, 5.41) is 5.13. The normalized spacial score (nSPS) is 10.3. The number of anilines is 2. The lowest BCUT2D eigenvalue weighted by molar-refractivity contribution is 0.355. The molecule has 6 nitrogen and oxygen atoms in total. The molecule has 0 unspecified atom stereocenters. The van der Waals surface area contributed by atoms with Crippen molar-refractivity contribution in [3.05, 3.63) is 42.0 Å². The summed E-state index contributed by atoms with van der Waals surface area (Å²) in [6.45, 7) is 0. The first-order chi connectivity index (χ1) is 10.8. The molecular formula is C15H14N4O2S. The van der Waals surface area contributed by atoms with E-state index in [-0.39, 0.29) is 0 Å². The van der Waals surface area contributed by atoms with Gasteiger partial charge in [0.15, 0.2) is 17.3 Å². The second kappa shape index (κ2) is 6.40. The fraction of sp³-hybridized carbons (Fsp3) is 0.133. The first kappa shape index (κ1) is 14.3. The summed E-state index contributed by atoms with van der Waals surface area (Å²) < 4.78 is 10.5. The van der Waals surface area contributed by atoms with Gasteiger partial charge in [0.2, 0.25) is 5.95 Å². The molecule has 0 atom stereocenters. The summed E-state index contributed by atoms with van der Waals surface area (Å²) in [7, 11) is 3.20. The molecule has 0 bridgehead atoms. The van der Waals surface area contributed by atoms with E-state index in [1.807, 2.05) is 35.7 Å². The Balaban J connectivity index is 1.86. The van der Waals surface area contributed by atoms with Crippen LogP contribution in [0.4, 0.5) is 11.6 Å². The Hall–Kier alpha value is -2.67. The van der Waals surface area contributed by atoms with E-state index in [1.54, 1.807) is 25.6 Å². The van der Waals surface area contributed by atoms with Crippen LogP contribution >= 0.6 is 11.3 Å². The van der Waals surface area contributed by atoms with Gasteiger partial charge in [-0.1, -0.05) is 6.07 Å². The van der Waals surface area contributed by atoms with Crippen LogP contribution in [-0.4, -0.2) is 29.2 Å². The lowest BCUT2D eigenvalue weighted by Gasteiger charge is -2.10. The summed E-state index contributed by atoms with van der Waals surface area (Å²) in [5.74, 6) is 2.43. The average molecular weight is 314 g/mol. The molecule has 0 aliphatic carbocycles. The Labute approximate surface area is 131 Å². The maximum atomic E-state index is 5.28. The number of aromatic nitrogens is 3. The second-order valence-electron chi connectivity index (χ2n) is 4.30. The number of rotatable bonds is 5. The van der Waals surface area contributed by atoms with Crippen molar-refractivity contribution in [2.45, 2.75) is 0 Å². The number of ether oxygens (including phenoxy) is 2. The molecular weight excluding hydrogens is 300 g/mol. The maximum Gasteiger partial charge on any atom is 0.230 e. The number of thiophene rings is 1. The number of nitrogens with zero attached hydrogens (tertiary/aromatic N) is 3. The monoisotopic (exact) mass is 314 g/mol. The van der Waals surface area contributed by atoms with Crippen LogP contribution in [0.15, 0.2) is 42.0 Å². The highest BCUT2D eigenvalue weighted by Crippen LogP contribution is 2.30. The highest BCUT2D eigenvalue weighted by Gasteiger charge is 2.08. The van der Waals surface area contributed by atoms with E-state index in [9.17, 15) is 0 Å². The van der Waals surface area contributed by atoms with Gasteiger partial charge in [0.25, 0.3) is 0 Å². The molecule has 0 aliphatic rings. The van der Waals surface area contributed by atoms with E-state index in [1.165, 1.54) is 6.33 Å². The molecule has 112 valence electrons. The van der Waals surface area contributed by atoms with Gasteiger partial charge in [-0.05, 0) is 23.6 Å². The average Bonchev–Trinajstić information content (AvgIpc) is 3.09. The molecule has 0 saturated carbocycles. The molecule has 0 aliphatic heterocycles. The molecule has 7 heteroatoms. The zero-order chi connectivity index (χ0) is 15.4. The molecule has 3 rings (SSSR count). The molecule has 3 aromatic rings. The van der Waals surface area contributed by atoms with Gasteiger partial charge in [0, 0.05) is 11.8 Å². The molecule has 1 aromatic carbocycles. The Kier molecular flexibility index (Phi) is 4.15. The minimum atomic E-state index is 0.477. The Bertz CT molecular complexity index is 762. The lowest BCUT2D eigenvalue weighted by atomic mass is 10.3. The molecule has 2 heterocycles. The van der Waals surface area contributed by atoms with Crippen LogP contribution < -0.4 is 14.8 Å². The predicted molar refractivity (Wildman–Crippen MR) is 86.0 cm³/mol. The first-order valence-corrected chi connectivity index (χ1v) is 7.40. The molecule has 0 saturated heterocycles. The zero-order valence-electron chi connectivity index (χ0n) is 12.1.